The first-order valence-electron chi connectivity index (χ1n) is 6.20. The van der Waals surface area contributed by atoms with E-state index in [1.54, 1.807) is 4.90 Å². The monoisotopic (exact) mass is 266 g/mol. The number of pyridine rings is 1. The molecule has 7 nitrogen and oxygen atoms in total. The molecule has 0 spiro atoms. The van der Waals surface area contributed by atoms with E-state index in [1.807, 2.05) is 13.8 Å². The van der Waals surface area contributed by atoms with Crippen molar-refractivity contribution in [1.82, 2.24) is 9.88 Å². The molecule has 0 fully saturated rings. The summed E-state index contributed by atoms with van der Waals surface area (Å²) in [5.41, 5.74) is 5.20. The number of aromatic nitrogens is 1. The summed E-state index contributed by atoms with van der Waals surface area (Å²) in [4.78, 5) is 27.9. The molecule has 0 atom stereocenters. The van der Waals surface area contributed by atoms with Crippen LogP contribution in [0, 0.1) is 10.1 Å². The number of nitrogens with zero attached hydrogens (tertiary/aromatic N) is 3. The third-order valence-corrected chi connectivity index (χ3v) is 2.61. The first-order chi connectivity index (χ1) is 9.01. The fourth-order valence-electron chi connectivity index (χ4n) is 1.81. The Morgan fingerprint density at radius 3 is 2.47 bits per heavy atom. The van der Waals surface area contributed by atoms with Gasteiger partial charge < -0.3 is 10.6 Å². The van der Waals surface area contributed by atoms with Crippen LogP contribution in [0.1, 0.15) is 37.0 Å². The summed E-state index contributed by atoms with van der Waals surface area (Å²) in [5.74, 6) is -0.272. The van der Waals surface area contributed by atoms with Crippen molar-refractivity contribution in [3.05, 3.63) is 27.9 Å². The van der Waals surface area contributed by atoms with E-state index in [9.17, 15) is 14.9 Å². The highest BCUT2D eigenvalue weighted by Crippen LogP contribution is 2.21. The van der Waals surface area contributed by atoms with Crippen LogP contribution in [-0.4, -0.2) is 33.8 Å². The second-order valence-corrected chi connectivity index (χ2v) is 4.18. The van der Waals surface area contributed by atoms with E-state index >= 15 is 0 Å². The predicted molar refractivity (Wildman–Crippen MR) is 71.8 cm³/mol. The Bertz CT molecular complexity index is 470. The second-order valence-electron chi connectivity index (χ2n) is 4.18. The van der Waals surface area contributed by atoms with Crippen LogP contribution in [-0.2, 0) is 0 Å². The first-order valence-corrected chi connectivity index (χ1v) is 6.20. The molecule has 1 aromatic heterocycles. The Balaban J connectivity index is 3.15. The predicted octanol–water partition coefficient (Wildman–Crippen LogP) is 1.83. The Kier molecular flexibility index (Phi) is 5.23. The van der Waals surface area contributed by atoms with E-state index in [-0.39, 0.29) is 23.0 Å². The van der Waals surface area contributed by atoms with Crippen LogP contribution in [0.15, 0.2) is 12.3 Å². The largest absolute Gasteiger partial charge is 0.384 e. The fraction of sp³-hybridized carbons (Fsp3) is 0.500. The maximum Gasteiger partial charge on any atom is 0.300 e. The zero-order chi connectivity index (χ0) is 14.4. The lowest BCUT2D eigenvalue weighted by atomic mass is 10.2. The maximum absolute atomic E-state index is 12.3. The number of carbonyl (C=O) groups is 1. The van der Waals surface area contributed by atoms with Gasteiger partial charge in [0.05, 0.1) is 4.92 Å². The SMILES string of the molecule is CCCN(CCC)C(=O)c1cc(N)ncc1[N+](=O)[O-]. The topological polar surface area (TPSA) is 102 Å². The fourth-order valence-corrected chi connectivity index (χ4v) is 1.81. The molecule has 0 aliphatic carbocycles. The second kappa shape index (κ2) is 6.67. The van der Waals surface area contributed by atoms with Crippen LogP contribution in [0.3, 0.4) is 0 Å². The number of rotatable bonds is 6. The van der Waals surface area contributed by atoms with Gasteiger partial charge in [-0.1, -0.05) is 13.8 Å². The number of hydrogen-bond donors (Lipinski definition) is 1. The number of carbonyl (C=O) groups excluding carboxylic acids is 1. The lowest BCUT2D eigenvalue weighted by Gasteiger charge is -2.21. The standard InChI is InChI=1S/C12H18N4O3/c1-3-5-15(6-4-2)12(17)9-7-11(13)14-8-10(9)16(18)19/h7-8H,3-6H2,1-2H3,(H2,13,14). The molecule has 19 heavy (non-hydrogen) atoms. The summed E-state index contributed by atoms with van der Waals surface area (Å²) in [5, 5.41) is 10.9. The minimum Gasteiger partial charge on any atom is -0.384 e. The van der Waals surface area contributed by atoms with Crippen molar-refractivity contribution in [3.63, 3.8) is 0 Å². The number of hydrogen-bond acceptors (Lipinski definition) is 5. The van der Waals surface area contributed by atoms with Gasteiger partial charge in [0.1, 0.15) is 17.6 Å². The average molecular weight is 266 g/mol. The highest BCUT2D eigenvalue weighted by molar-refractivity contribution is 5.98. The molecule has 1 rings (SSSR count). The Morgan fingerprint density at radius 1 is 1.42 bits per heavy atom. The molecule has 0 radical (unpaired) electrons. The summed E-state index contributed by atoms with van der Waals surface area (Å²) in [7, 11) is 0. The van der Waals surface area contributed by atoms with Gasteiger partial charge in [0.25, 0.3) is 11.6 Å². The third-order valence-electron chi connectivity index (χ3n) is 2.61. The Labute approximate surface area is 111 Å². The molecule has 7 heteroatoms. The van der Waals surface area contributed by atoms with Crippen LogP contribution in [0.4, 0.5) is 11.5 Å². The highest BCUT2D eigenvalue weighted by Gasteiger charge is 2.24. The van der Waals surface area contributed by atoms with E-state index in [1.165, 1.54) is 6.07 Å². The van der Waals surface area contributed by atoms with Crippen LogP contribution in [0.5, 0.6) is 0 Å². The van der Waals surface area contributed by atoms with Crippen molar-refractivity contribution in [2.75, 3.05) is 18.8 Å². The zero-order valence-corrected chi connectivity index (χ0v) is 11.1. The minimum absolute atomic E-state index is 0.000556. The van der Waals surface area contributed by atoms with Crippen LogP contribution in [0.2, 0.25) is 0 Å². The van der Waals surface area contributed by atoms with Crippen LogP contribution < -0.4 is 5.73 Å². The van der Waals surface area contributed by atoms with Gasteiger partial charge in [-0.3, -0.25) is 14.9 Å². The number of amides is 1. The van der Waals surface area contributed by atoms with Gasteiger partial charge in [-0.25, -0.2) is 4.98 Å². The minimum atomic E-state index is -0.615. The van der Waals surface area contributed by atoms with Gasteiger partial charge in [0.15, 0.2) is 0 Å². The summed E-state index contributed by atoms with van der Waals surface area (Å²) in [6.45, 7) is 5.02. The van der Waals surface area contributed by atoms with E-state index in [0.29, 0.717) is 13.1 Å². The van der Waals surface area contributed by atoms with Crippen LogP contribution in [0.25, 0.3) is 0 Å². The molecule has 0 aliphatic heterocycles. The average Bonchev–Trinajstić information content (AvgIpc) is 2.37. The summed E-state index contributed by atoms with van der Waals surface area (Å²) in [6.07, 6.45) is 2.61. The van der Waals surface area contributed by atoms with Gasteiger partial charge >= 0.3 is 0 Å². The summed E-state index contributed by atoms with van der Waals surface area (Å²) >= 11 is 0. The molecule has 0 unspecified atom stereocenters. The molecule has 0 saturated heterocycles. The van der Waals surface area contributed by atoms with E-state index in [4.69, 9.17) is 5.73 Å². The molecule has 0 aromatic carbocycles. The van der Waals surface area contributed by atoms with Crippen molar-refractivity contribution in [3.8, 4) is 0 Å². The van der Waals surface area contributed by atoms with Gasteiger partial charge in [0, 0.05) is 13.1 Å². The lowest BCUT2D eigenvalue weighted by molar-refractivity contribution is -0.385. The van der Waals surface area contributed by atoms with Crippen molar-refractivity contribution >= 4 is 17.4 Å². The Hall–Kier alpha value is -2.18. The molecule has 0 bridgehead atoms. The van der Waals surface area contributed by atoms with Gasteiger partial charge in [-0.05, 0) is 18.9 Å². The zero-order valence-electron chi connectivity index (χ0n) is 11.1. The summed E-state index contributed by atoms with van der Waals surface area (Å²) in [6, 6.07) is 1.26. The lowest BCUT2D eigenvalue weighted by Crippen LogP contribution is -2.33. The molecule has 104 valence electrons. The van der Waals surface area contributed by atoms with Crippen molar-refractivity contribution < 1.29 is 9.72 Å². The van der Waals surface area contributed by atoms with Crippen molar-refractivity contribution in [2.45, 2.75) is 26.7 Å². The number of nitrogen functional groups attached to an aromatic ring is 1. The van der Waals surface area contributed by atoms with Crippen molar-refractivity contribution in [1.29, 1.82) is 0 Å². The normalized spacial score (nSPS) is 10.2. The smallest absolute Gasteiger partial charge is 0.300 e. The van der Waals surface area contributed by atoms with E-state index in [0.717, 1.165) is 19.0 Å². The number of nitro groups is 1. The molecule has 0 aliphatic rings. The molecule has 1 amide bonds. The van der Waals surface area contributed by atoms with Gasteiger partial charge in [0.2, 0.25) is 0 Å². The van der Waals surface area contributed by atoms with E-state index in [2.05, 4.69) is 4.98 Å². The van der Waals surface area contributed by atoms with Gasteiger partial charge in [-0.15, -0.1) is 0 Å². The highest BCUT2D eigenvalue weighted by atomic mass is 16.6. The third kappa shape index (κ3) is 3.64. The molecular formula is C12H18N4O3. The molecule has 2 N–H and O–H groups in total. The maximum atomic E-state index is 12.3. The molecule has 1 aromatic rings. The number of nitrogens with two attached hydrogens (primary N) is 1. The van der Waals surface area contributed by atoms with Gasteiger partial charge in [-0.2, -0.15) is 0 Å². The van der Waals surface area contributed by atoms with Crippen LogP contribution >= 0.6 is 0 Å². The van der Waals surface area contributed by atoms with Crippen molar-refractivity contribution in [2.24, 2.45) is 0 Å². The summed E-state index contributed by atoms with van der Waals surface area (Å²) < 4.78 is 0. The Morgan fingerprint density at radius 2 is 2.00 bits per heavy atom. The molecule has 0 saturated carbocycles. The quantitative estimate of drug-likeness (QED) is 0.625. The first kappa shape index (κ1) is 14.9. The molecule has 1 heterocycles. The number of anilines is 1. The van der Waals surface area contributed by atoms with E-state index < -0.39 is 4.92 Å². The molecular weight excluding hydrogens is 248 g/mol.